The fraction of sp³-hybridized carbons (Fsp3) is 0.0588. The molecule has 0 spiro atoms. The van der Waals surface area contributed by atoms with Gasteiger partial charge >= 0.3 is 0 Å². The number of nitro benzene ring substituents is 1. The summed E-state index contributed by atoms with van der Waals surface area (Å²) in [5.41, 5.74) is 0.697. The molecule has 0 unspecified atom stereocenters. The van der Waals surface area contributed by atoms with Crippen molar-refractivity contribution in [1.82, 2.24) is 0 Å². The molecule has 0 aromatic heterocycles. The van der Waals surface area contributed by atoms with Crippen molar-refractivity contribution in [2.24, 2.45) is 4.99 Å². The lowest BCUT2D eigenvalue weighted by Gasteiger charge is -2.06. The van der Waals surface area contributed by atoms with Crippen LogP contribution in [0, 0.1) is 10.1 Å². The minimum Gasteiger partial charge on any atom is -0.512 e. The summed E-state index contributed by atoms with van der Waals surface area (Å²) in [5.74, 6) is -0.826. The Balaban J connectivity index is 2.19. The Hall–Kier alpha value is -3.48. The van der Waals surface area contributed by atoms with Gasteiger partial charge in [-0.25, -0.2) is 0 Å². The summed E-state index contributed by atoms with van der Waals surface area (Å²) in [5, 5.41) is 23.0. The summed E-state index contributed by atoms with van der Waals surface area (Å²) in [6.45, 7) is 1.36. The van der Waals surface area contributed by atoms with Gasteiger partial charge in [0, 0.05) is 24.0 Å². The summed E-state index contributed by atoms with van der Waals surface area (Å²) < 4.78 is 0. The van der Waals surface area contributed by atoms with E-state index >= 15 is 0 Å². The number of nitro groups is 1. The highest BCUT2D eigenvalue weighted by Crippen LogP contribution is 2.18. The van der Waals surface area contributed by atoms with Gasteiger partial charge < -0.3 is 10.4 Å². The van der Waals surface area contributed by atoms with Crippen LogP contribution in [-0.2, 0) is 4.79 Å². The van der Waals surface area contributed by atoms with E-state index in [0.29, 0.717) is 5.69 Å². The first-order valence-electron chi connectivity index (χ1n) is 7.02. The number of hydrogen-bond donors (Lipinski definition) is 2. The number of aliphatic hydroxyl groups excluding tert-OH is 1. The molecular weight excluding hydrogens is 310 g/mol. The molecule has 24 heavy (non-hydrogen) atoms. The lowest BCUT2D eigenvalue weighted by Crippen LogP contribution is -2.17. The molecule has 0 radical (unpaired) electrons. The first-order valence-corrected chi connectivity index (χ1v) is 7.02. The average Bonchev–Trinajstić information content (AvgIpc) is 2.56. The summed E-state index contributed by atoms with van der Waals surface area (Å²) >= 11 is 0. The second-order valence-electron chi connectivity index (χ2n) is 4.85. The summed E-state index contributed by atoms with van der Waals surface area (Å²) in [7, 11) is 0. The first-order chi connectivity index (χ1) is 11.5. The second-order valence-corrected chi connectivity index (χ2v) is 4.85. The minimum absolute atomic E-state index is 0.0367. The van der Waals surface area contributed by atoms with Crippen LogP contribution in [0.3, 0.4) is 0 Å². The van der Waals surface area contributed by atoms with Crippen molar-refractivity contribution in [3.8, 4) is 0 Å². The van der Waals surface area contributed by atoms with Gasteiger partial charge in [-0.15, -0.1) is 0 Å². The van der Waals surface area contributed by atoms with Crippen LogP contribution in [0.5, 0.6) is 0 Å². The third-order valence-electron chi connectivity index (χ3n) is 3.05. The lowest BCUT2D eigenvalue weighted by atomic mass is 10.2. The molecule has 0 bridgehead atoms. The Morgan fingerprint density at radius 2 is 1.92 bits per heavy atom. The molecule has 2 N–H and O–H groups in total. The van der Waals surface area contributed by atoms with Crippen LogP contribution in [0.4, 0.5) is 17.1 Å². The standard InChI is InChI=1S/C17H15N3O4/c1-12(21)16(11-18-13-6-3-2-4-7-13)17(22)19-14-8-5-9-15(10-14)20(23)24/h2-11,21H,1H3,(H,19,22)/b16-12-,18-11?. The maximum absolute atomic E-state index is 12.3. The number of nitrogens with one attached hydrogen (secondary N) is 1. The van der Waals surface area contributed by atoms with Crippen LogP contribution in [0.1, 0.15) is 6.92 Å². The fourth-order valence-corrected chi connectivity index (χ4v) is 1.87. The molecule has 1 amide bonds. The number of hydrogen-bond acceptors (Lipinski definition) is 5. The van der Waals surface area contributed by atoms with Crippen molar-refractivity contribution in [2.45, 2.75) is 6.92 Å². The van der Waals surface area contributed by atoms with E-state index in [9.17, 15) is 20.0 Å². The second kappa shape index (κ2) is 7.68. The van der Waals surface area contributed by atoms with E-state index < -0.39 is 10.8 Å². The Morgan fingerprint density at radius 3 is 2.54 bits per heavy atom. The maximum atomic E-state index is 12.3. The van der Waals surface area contributed by atoms with E-state index in [1.165, 1.54) is 37.4 Å². The number of aliphatic hydroxyl groups is 1. The number of carbonyl (C=O) groups excluding carboxylic acids is 1. The van der Waals surface area contributed by atoms with Gasteiger partial charge in [0.25, 0.3) is 11.6 Å². The number of rotatable bonds is 5. The Kier molecular flexibility index (Phi) is 5.40. The minimum atomic E-state index is -0.616. The van der Waals surface area contributed by atoms with E-state index in [1.807, 2.05) is 6.07 Å². The van der Waals surface area contributed by atoms with Gasteiger partial charge in [0.2, 0.25) is 0 Å². The third-order valence-corrected chi connectivity index (χ3v) is 3.05. The molecular formula is C17H15N3O4. The van der Waals surface area contributed by atoms with Gasteiger partial charge in [0.05, 0.1) is 16.2 Å². The molecule has 2 rings (SSSR count). The van der Waals surface area contributed by atoms with Crippen molar-refractivity contribution in [3.63, 3.8) is 0 Å². The van der Waals surface area contributed by atoms with Crippen LogP contribution in [0.25, 0.3) is 0 Å². The van der Waals surface area contributed by atoms with Crippen LogP contribution < -0.4 is 5.32 Å². The average molecular weight is 325 g/mol. The SMILES string of the molecule is C/C(O)=C(\C=Nc1ccccc1)C(=O)Nc1cccc([N+](=O)[O-])c1. The molecule has 0 aliphatic carbocycles. The molecule has 0 fully saturated rings. The van der Waals surface area contributed by atoms with Gasteiger partial charge in [0.15, 0.2) is 0 Å². The zero-order valence-electron chi connectivity index (χ0n) is 12.8. The van der Waals surface area contributed by atoms with E-state index in [4.69, 9.17) is 0 Å². The number of aliphatic imine (C=N–C) groups is 1. The number of benzene rings is 2. The molecule has 0 aliphatic heterocycles. The van der Waals surface area contributed by atoms with Crippen LogP contribution in [-0.4, -0.2) is 22.2 Å². The van der Waals surface area contributed by atoms with Gasteiger partial charge in [-0.3, -0.25) is 19.9 Å². The summed E-state index contributed by atoms with van der Waals surface area (Å²) in [4.78, 5) is 26.6. The van der Waals surface area contributed by atoms with Gasteiger partial charge in [-0.2, -0.15) is 0 Å². The summed E-state index contributed by atoms with van der Waals surface area (Å²) in [6.07, 6.45) is 1.25. The largest absolute Gasteiger partial charge is 0.512 e. The van der Waals surface area contributed by atoms with Crippen LogP contribution >= 0.6 is 0 Å². The molecule has 0 saturated carbocycles. The third kappa shape index (κ3) is 4.51. The molecule has 7 nitrogen and oxygen atoms in total. The normalized spacial score (nSPS) is 11.9. The highest BCUT2D eigenvalue weighted by Gasteiger charge is 2.13. The monoisotopic (exact) mass is 325 g/mol. The first kappa shape index (κ1) is 16.9. The van der Waals surface area contributed by atoms with E-state index in [2.05, 4.69) is 10.3 Å². The predicted molar refractivity (Wildman–Crippen MR) is 91.6 cm³/mol. The number of amides is 1. The van der Waals surface area contributed by atoms with Gasteiger partial charge in [-0.05, 0) is 25.1 Å². The summed E-state index contributed by atoms with van der Waals surface area (Å²) in [6, 6.07) is 14.5. The van der Waals surface area contributed by atoms with Crippen molar-refractivity contribution in [2.75, 3.05) is 5.32 Å². The lowest BCUT2D eigenvalue weighted by molar-refractivity contribution is -0.384. The number of non-ortho nitro benzene ring substituents is 1. The molecule has 0 heterocycles. The number of carbonyl (C=O) groups is 1. The molecule has 122 valence electrons. The Bertz CT molecular complexity index is 810. The fourth-order valence-electron chi connectivity index (χ4n) is 1.87. The molecule has 0 aliphatic rings. The van der Waals surface area contributed by atoms with Crippen molar-refractivity contribution < 1.29 is 14.8 Å². The highest BCUT2D eigenvalue weighted by atomic mass is 16.6. The quantitative estimate of drug-likeness (QED) is 0.287. The Labute approximate surface area is 138 Å². The smallest absolute Gasteiger partial charge is 0.271 e. The number of anilines is 1. The number of nitrogens with zero attached hydrogens (tertiary/aromatic N) is 2. The van der Waals surface area contributed by atoms with Gasteiger partial charge in [-0.1, -0.05) is 24.3 Å². The van der Waals surface area contributed by atoms with Crippen molar-refractivity contribution in [1.29, 1.82) is 0 Å². The molecule has 2 aromatic rings. The van der Waals surface area contributed by atoms with E-state index in [-0.39, 0.29) is 22.7 Å². The van der Waals surface area contributed by atoms with Crippen molar-refractivity contribution in [3.05, 3.63) is 76.0 Å². The molecule has 0 atom stereocenters. The highest BCUT2D eigenvalue weighted by molar-refractivity contribution is 6.18. The molecule has 0 saturated heterocycles. The topological polar surface area (TPSA) is 105 Å². The Morgan fingerprint density at radius 1 is 1.21 bits per heavy atom. The van der Waals surface area contributed by atoms with Gasteiger partial charge in [0.1, 0.15) is 5.76 Å². The molecule has 2 aromatic carbocycles. The number of allylic oxidation sites excluding steroid dienone is 1. The van der Waals surface area contributed by atoms with E-state index in [1.54, 1.807) is 24.3 Å². The van der Waals surface area contributed by atoms with Crippen molar-refractivity contribution >= 4 is 29.2 Å². The molecule has 7 heteroatoms. The predicted octanol–water partition coefficient (Wildman–Crippen LogP) is 3.77. The zero-order valence-corrected chi connectivity index (χ0v) is 12.8. The van der Waals surface area contributed by atoms with Crippen LogP contribution in [0.2, 0.25) is 0 Å². The van der Waals surface area contributed by atoms with Crippen LogP contribution in [0.15, 0.2) is 70.9 Å². The number of para-hydroxylation sites is 1. The maximum Gasteiger partial charge on any atom is 0.271 e. The zero-order chi connectivity index (χ0) is 17.5. The van der Waals surface area contributed by atoms with E-state index in [0.717, 1.165) is 0 Å².